The van der Waals surface area contributed by atoms with Gasteiger partial charge in [0.15, 0.2) is 0 Å². The normalized spacial score (nSPS) is 24.0. The van der Waals surface area contributed by atoms with Gasteiger partial charge < -0.3 is 15.4 Å². The van der Waals surface area contributed by atoms with E-state index in [9.17, 15) is 0 Å². The summed E-state index contributed by atoms with van der Waals surface area (Å²) in [5.74, 6) is 0. The number of ether oxygens (including phenoxy) is 1. The van der Waals surface area contributed by atoms with Gasteiger partial charge >= 0.3 is 0 Å². The van der Waals surface area contributed by atoms with Crippen molar-refractivity contribution in [3.05, 3.63) is 0 Å². The van der Waals surface area contributed by atoms with E-state index in [-0.39, 0.29) is 6.10 Å². The van der Waals surface area contributed by atoms with Gasteiger partial charge in [-0.15, -0.1) is 0 Å². The van der Waals surface area contributed by atoms with Crippen LogP contribution in [0.15, 0.2) is 0 Å². The first-order valence-electron chi connectivity index (χ1n) is 5.52. The Labute approximate surface area is 87.6 Å². The van der Waals surface area contributed by atoms with Crippen LogP contribution in [0.3, 0.4) is 0 Å². The van der Waals surface area contributed by atoms with E-state index < -0.39 is 0 Å². The minimum atomic E-state index is 0.235. The van der Waals surface area contributed by atoms with Crippen molar-refractivity contribution in [3.63, 3.8) is 0 Å². The largest absolute Gasteiger partial charge is 0.380 e. The Hall–Kier alpha value is -0.120. The second-order valence-corrected chi connectivity index (χ2v) is 5.07. The lowest BCUT2D eigenvalue weighted by molar-refractivity contribution is 0.0913. The molecule has 1 saturated heterocycles. The summed E-state index contributed by atoms with van der Waals surface area (Å²) < 4.78 is 5.26. The summed E-state index contributed by atoms with van der Waals surface area (Å²) in [6, 6.07) is 0. The van der Waals surface area contributed by atoms with E-state index in [0.29, 0.717) is 12.0 Å². The van der Waals surface area contributed by atoms with Gasteiger partial charge in [0.05, 0.1) is 6.10 Å². The molecule has 3 heteroatoms. The Balaban J connectivity index is 2.20. The first-order chi connectivity index (χ1) is 6.57. The quantitative estimate of drug-likeness (QED) is 0.722. The third-order valence-electron chi connectivity index (χ3n) is 3.12. The average molecular weight is 200 g/mol. The van der Waals surface area contributed by atoms with E-state index in [2.05, 4.69) is 18.7 Å². The first kappa shape index (κ1) is 12.0. The summed E-state index contributed by atoms with van der Waals surface area (Å²) in [5, 5.41) is 0. The molecule has 0 amide bonds. The lowest BCUT2D eigenvalue weighted by Gasteiger charge is -2.21. The summed E-state index contributed by atoms with van der Waals surface area (Å²) in [6.07, 6.45) is 2.61. The maximum absolute atomic E-state index is 5.58. The highest BCUT2D eigenvalue weighted by Gasteiger charge is 2.28. The van der Waals surface area contributed by atoms with Crippen LogP contribution in [0.25, 0.3) is 0 Å². The molecule has 1 rings (SSSR count). The fraction of sp³-hybridized carbons (Fsp3) is 1.00. The Morgan fingerprint density at radius 2 is 2.21 bits per heavy atom. The summed E-state index contributed by atoms with van der Waals surface area (Å²) in [7, 11) is 1.74. The molecule has 2 N–H and O–H groups in total. The molecule has 1 heterocycles. The van der Waals surface area contributed by atoms with Crippen LogP contribution in [0.5, 0.6) is 0 Å². The van der Waals surface area contributed by atoms with Gasteiger partial charge in [-0.05, 0) is 24.8 Å². The smallest absolute Gasteiger partial charge is 0.0705 e. The zero-order chi connectivity index (χ0) is 10.6. The van der Waals surface area contributed by atoms with Gasteiger partial charge in [0.2, 0.25) is 0 Å². The van der Waals surface area contributed by atoms with Gasteiger partial charge in [-0.25, -0.2) is 0 Å². The predicted molar refractivity (Wildman–Crippen MR) is 59.3 cm³/mol. The number of hydrogen-bond acceptors (Lipinski definition) is 3. The summed E-state index contributed by atoms with van der Waals surface area (Å²) in [4.78, 5) is 2.52. The molecule has 84 valence electrons. The zero-order valence-electron chi connectivity index (χ0n) is 9.75. The number of likely N-dealkylation sites (tertiary alicyclic amines) is 1. The molecule has 0 radical (unpaired) electrons. The van der Waals surface area contributed by atoms with Crippen molar-refractivity contribution < 1.29 is 4.74 Å². The van der Waals surface area contributed by atoms with Gasteiger partial charge in [-0.1, -0.05) is 13.8 Å². The van der Waals surface area contributed by atoms with E-state index in [1.54, 1.807) is 7.11 Å². The Kier molecular flexibility index (Phi) is 4.35. The zero-order valence-corrected chi connectivity index (χ0v) is 9.75. The molecule has 3 nitrogen and oxygen atoms in total. The summed E-state index contributed by atoms with van der Waals surface area (Å²) in [5.41, 5.74) is 6.08. The third-order valence-corrected chi connectivity index (χ3v) is 3.12. The summed E-state index contributed by atoms with van der Waals surface area (Å²) in [6.45, 7) is 8.88. The predicted octanol–water partition coefficient (Wildman–Crippen LogP) is 1.08. The van der Waals surface area contributed by atoms with Crippen molar-refractivity contribution in [1.82, 2.24) is 4.90 Å². The highest BCUT2D eigenvalue weighted by atomic mass is 16.5. The summed E-state index contributed by atoms with van der Waals surface area (Å²) >= 11 is 0. The van der Waals surface area contributed by atoms with E-state index in [4.69, 9.17) is 10.5 Å². The number of methoxy groups -OCH3 is 1. The topological polar surface area (TPSA) is 38.5 Å². The highest BCUT2D eigenvalue weighted by Crippen LogP contribution is 2.28. The second-order valence-electron chi connectivity index (χ2n) is 5.07. The van der Waals surface area contributed by atoms with Crippen LogP contribution < -0.4 is 5.73 Å². The number of nitrogens with two attached hydrogens (primary N) is 1. The first-order valence-corrected chi connectivity index (χ1v) is 5.52. The molecular weight excluding hydrogens is 176 g/mol. The van der Waals surface area contributed by atoms with Crippen LogP contribution in [0.2, 0.25) is 0 Å². The van der Waals surface area contributed by atoms with Gasteiger partial charge in [0.1, 0.15) is 0 Å². The molecule has 0 aromatic rings. The SMILES string of the molecule is COC(CN)CCN1CCC(C)(C)C1. The van der Waals surface area contributed by atoms with Crippen molar-refractivity contribution in [3.8, 4) is 0 Å². The molecular formula is C11H24N2O. The fourth-order valence-electron chi connectivity index (χ4n) is 2.07. The Morgan fingerprint density at radius 3 is 2.64 bits per heavy atom. The molecule has 14 heavy (non-hydrogen) atoms. The minimum absolute atomic E-state index is 0.235. The standard InChI is InChI=1S/C11H24N2O/c1-11(2)5-7-13(9-11)6-4-10(8-12)14-3/h10H,4-9,12H2,1-3H3. The van der Waals surface area contributed by atoms with Crippen molar-refractivity contribution in [2.75, 3.05) is 33.3 Å². The van der Waals surface area contributed by atoms with E-state index in [1.807, 2.05) is 0 Å². The third kappa shape index (κ3) is 3.56. The molecule has 1 aliphatic heterocycles. The molecule has 1 unspecified atom stereocenters. The Bertz CT molecular complexity index is 167. The van der Waals surface area contributed by atoms with Crippen LogP contribution in [0.1, 0.15) is 26.7 Å². The van der Waals surface area contributed by atoms with Gasteiger partial charge in [-0.3, -0.25) is 0 Å². The van der Waals surface area contributed by atoms with Gasteiger partial charge in [-0.2, -0.15) is 0 Å². The van der Waals surface area contributed by atoms with Crippen LogP contribution in [-0.2, 0) is 4.74 Å². The molecule has 0 spiro atoms. The molecule has 0 saturated carbocycles. The lowest BCUT2D eigenvalue weighted by Crippen LogP contribution is -2.30. The molecule has 0 aromatic carbocycles. The van der Waals surface area contributed by atoms with Crippen LogP contribution >= 0.6 is 0 Å². The second kappa shape index (κ2) is 5.10. The van der Waals surface area contributed by atoms with Crippen molar-refractivity contribution in [2.45, 2.75) is 32.8 Å². The number of rotatable bonds is 5. The van der Waals surface area contributed by atoms with Crippen molar-refractivity contribution in [1.29, 1.82) is 0 Å². The van der Waals surface area contributed by atoms with E-state index >= 15 is 0 Å². The highest BCUT2D eigenvalue weighted by molar-refractivity contribution is 4.82. The molecule has 0 aliphatic carbocycles. The molecule has 0 bridgehead atoms. The Morgan fingerprint density at radius 1 is 1.50 bits per heavy atom. The lowest BCUT2D eigenvalue weighted by atomic mass is 9.93. The minimum Gasteiger partial charge on any atom is -0.380 e. The van der Waals surface area contributed by atoms with Crippen molar-refractivity contribution >= 4 is 0 Å². The van der Waals surface area contributed by atoms with Crippen LogP contribution in [-0.4, -0.2) is 44.3 Å². The average Bonchev–Trinajstić information content (AvgIpc) is 2.47. The monoisotopic (exact) mass is 200 g/mol. The maximum atomic E-state index is 5.58. The van der Waals surface area contributed by atoms with Crippen LogP contribution in [0.4, 0.5) is 0 Å². The molecule has 1 aliphatic rings. The van der Waals surface area contributed by atoms with Crippen molar-refractivity contribution in [2.24, 2.45) is 11.1 Å². The molecule has 0 aromatic heterocycles. The molecule has 1 atom stereocenters. The number of hydrogen-bond donors (Lipinski definition) is 1. The van der Waals surface area contributed by atoms with E-state index in [0.717, 1.165) is 13.0 Å². The maximum Gasteiger partial charge on any atom is 0.0705 e. The fourth-order valence-corrected chi connectivity index (χ4v) is 2.07. The number of nitrogens with zero attached hydrogens (tertiary/aromatic N) is 1. The van der Waals surface area contributed by atoms with Crippen LogP contribution in [0, 0.1) is 5.41 Å². The van der Waals surface area contributed by atoms with Gasteiger partial charge in [0.25, 0.3) is 0 Å². The van der Waals surface area contributed by atoms with Gasteiger partial charge in [0, 0.05) is 26.7 Å². The van der Waals surface area contributed by atoms with E-state index in [1.165, 1.54) is 19.5 Å². The molecule has 1 fully saturated rings.